The van der Waals surface area contributed by atoms with Gasteiger partial charge in [-0.3, -0.25) is 0 Å². The van der Waals surface area contributed by atoms with Gasteiger partial charge in [-0.15, -0.1) is 6.58 Å². The Kier molecular flexibility index (Phi) is 6.17. The molecular weight excluding hydrogens is 300 g/mol. The molecule has 0 aliphatic heterocycles. The molecule has 0 N–H and O–H groups in total. The Morgan fingerprint density at radius 2 is 2.25 bits per heavy atom. The molecule has 1 aromatic carbocycles. The van der Waals surface area contributed by atoms with Crippen molar-refractivity contribution in [2.75, 3.05) is 26.8 Å². The first kappa shape index (κ1) is 16.7. The lowest BCUT2D eigenvalue weighted by atomic mass is 10.2. The lowest BCUT2D eigenvalue weighted by molar-refractivity contribution is 0.182. The molecule has 0 aliphatic carbocycles. The molecule has 0 fully saturated rings. The lowest BCUT2D eigenvalue weighted by Gasteiger charge is -2.20. The SMILES string of the molecule is C=CCN(CCOC)S(=O)(=O)c1ccc(C#N)c(Cl)c1. The number of halogens is 1. The van der Waals surface area contributed by atoms with Crippen molar-refractivity contribution in [2.45, 2.75) is 4.90 Å². The zero-order valence-corrected chi connectivity index (χ0v) is 12.6. The molecule has 0 saturated heterocycles. The van der Waals surface area contributed by atoms with Crippen LogP contribution < -0.4 is 0 Å². The van der Waals surface area contributed by atoms with Crippen molar-refractivity contribution in [3.05, 3.63) is 41.4 Å². The summed E-state index contributed by atoms with van der Waals surface area (Å²) in [6.07, 6.45) is 1.50. The van der Waals surface area contributed by atoms with Crippen LogP contribution in [0.3, 0.4) is 0 Å². The molecule has 0 amide bonds. The highest BCUT2D eigenvalue weighted by atomic mass is 35.5. The Hall–Kier alpha value is -1.39. The van der Waals surface area contributed by atoms with Gasteiger partial charge in [0.2, 0.25) is 10.0 Å². The van der Waals surface area contributed by atoms with E-state index < -0.39 is 10.0 Å². The van der Waals surface area contributed by atoms with Crippen LogP contribution in [0.15, 0.2) is 35.7 Å². The van der Waals surface area contributed by atoms with Crippen molar-refractivity contribution >= 4 is 21.6 Å². The summed E-state index contributed by atoms with van der Waals surface area (Å²) in [6, 6.07) is 5.91. The summed E-state index contributed by atoms with van der Waals surface area (Å²) in [4.78, 5) is 0.0412. The van der Waals surface area contributed by atoms with Gasteiger partial charge < -0.3 is 4.74 Å². The van der Waals surface area contributed by atoms with Crippen LogP contribution in [0.4, 0.5) is 0 Å². The van der Waals surface area contributed by atoms with E-state index in [4.69, 9.17) is 21.6 Å². The first-order valence-corrected chi connectivity index (χ1v) is 7.58. The van der Waals surface area contributed by atoms with Gasteiger partial charge in [-0.1, -0.05) is 17.7 Å². The predicted octanol–water partition coefficient (Wildman–Crippen LogP) is 2.03. The third-order valence-electron chi connectivity index (χ3n) is 2.58. The maximum Gasteiger partial charge on any atom is 0.243 e. The van der Waals surface area contributed by atoms with Crippen LogP contribution in [-0.2, 0) is 14.8 Å². The Labute approximate surface area is 124 Å². The van der Waals surface area contributed by atoms with E-state index in [1.807, 2.05) is 6.07 Å². The second-order valence-electron chi connectivity index (χ2n) is 3.90. The van der Waals surface area contributed by atoms with Gasteiger partial charge in [-0.05, 0) is 18.2 Å². The lowest BCUT2D eigenvalue weighted by Crippen LogP contribution is -2.34. The van der Waals surface area contributed by atoms with Crippen LogP contribution in [0, 0.1) is 11.3 Å². The van der Waals surface area contributed by atoms with Gasteiger partial charge in [0.15, 0.2) is 0 Å². The molecule has 0 spiro atoms. The number of nitriles is 1. The molecular formula is C13H15ClN2O3S. The molecule has 1 rings (SSSR count). The molecule has 7 heteroatoms. The predicted molar refractivity (Wildman–Crippen MR) is 77.0 cm³/mol. The minimum atomic E-state index is -3.69. The van der Waals surface area contributed by atoms with Crippen LogP contribution in [0.1, 0.15) is 5.56 Å². The van der Waals surface area contributed by atoms with Crippen molar-refractivity contribution in [2.24, 2.45) is 0 Å². The fourth-order valence-electron chi connectivity index (χ4n) is 1.54. The number of nitrogens with zero attached hydrogens (tertiary/aromatic N) is 2. The molecule has 0 aromatic heterocycles. The summed E-state index contributed by atoms with van der Waals surface area (Å²) < 4.78 is 31.1. The quantitative estimate of drug-likeness (QED) is 0.722. The van der Waals surface area contributed by atoms with E-state index in [1.165, 1.54) is 35.7 Å². The van der Waals surface area contributed by atoms with E-state index in [1.54, 1.807) is 0 Å². The first-order valence-electron chi connectivity index (χ1n) is 5.77. The molecule has 0 radical (unpaired) electrons. The van der Waals surface area contributed by atoms with E-state index >= 15 is 0 Å². The fourth-order valence-corrected chi connectivity index (χ4v) is 3.25. The maximum atomic E-state index is 12.5. The number of benzene rings is 1. The Balaban J connectivity index is 3.15. The van der Waals surface area contributed by atoms with Gasteiger partial charge in [-0.2, -0.15) is 9.57 Å². The van der Waals surface area contributed by atoms with Gasteiger partial charge >= 0.3 is 0 Å². The van der Waals surface area contributed by atoms with Gasteiger partial charge in [0.25, 0.3) is 0 Å². The van der Waals surface area contributed by atoms with E-state index in [2.05, 4.69) is 6.58 Å². The van der Waals surface area contributed by atoms with Crippen LogP contribution >= 0.6 is 11.6 Å². The van der Waals surface area contributed by atoms with Gasteiger partial charge in [0.1, 0.15) is 6.07 Å². The zero-order valence-electron chi connectivity index (χ0n) is 11.0. The minimum Gasteiger partial charge on any atom is -0.383 e. The summed E-state index contributed by atoms with van der Waals surface area (Å²) >= 11 is 5.87. The maximum absolute atomic E-state index is 12.5. The van der Waals surface area contributed by atoms with Crippen LogP contribution in [0.5, 0.6) is 0 Å². The average molecular weight is 315 g/mol. The standard InChI is InChI=1S/C13H15ClN2O3S/c1-3-6-16(7-8-19-2)20(17,18)12-5-4-11(10-15)13(14)9-12/h3-5,9H,1,6-8H2,2H3. The highest BCUT2D eigenvalue weighted by molar-refractivity contribution is 7.89. The van der Waals surface area contributed by atoms with Gasteiger partial charge in [0.05, 0.1) is 22.1 Å². The normalized spacial score (nSPS) is 11.3. The average Bonchev–Trinajstić information content (AvgIpc) is 2.43. The Bertz CT molecular complexity index is 623. The minimum absolute atomic E-state index is 0.0412. The van der Waals surface area contributed by atoms with E-state index in [0.717, 1.165) is 0 Å². The second-order valence-corrected chi connectivity index (χ2v) is 6.24. The number of hydrogen-bond acceptors (Lipinski definition) is 4. The molecule has 0 bridgehead atoms. The van der Waals surface area contributed by atoms with Crippen molar-refractivity contribution in [1.82, 2.24) is 4.31 Å². The van der Waals surface area contributed by atoms with E-state index in [0.29, 0.717) is 0 Å². The molecule has 0 atom stereocenters. The highest BCUT2D eigenvalue weighted by Crippen LogP contribution is 2.22. The van der Waals surface area contributed by atoms with E-state index in [9.17, 15) is 8.42 Å². The fraction of sp³-hybridized carbons (Fsp3) is 0.308. The molecule has 5 nitrogen and oxygen atoms in total. The largest absolute Gasteiger partial charge is 0.383 e. The highest BCUT2D eigenvalue weighted by Gasteiger charge is 2.23. The van der Waals surface area contributed by atoms with Crippen LogP contribution in [0.2, 0.25) is 5.02 Å². The van der Waals surface area contributed by atoms with Crippen LogP contribution in [0.25, 0.3) is 0 Å². The summed E-state index contributed by atoms with van der Waals surface area (Å²) in [7, 11) is -2.20. The first-order chi connectivity index (χ1) is 9.47. The summed E-state index contributed by atoms with van der Waals surface area (Å²) in [5.74, 6) is 0. The summed E-state index contributed by atoms with van der Waals surface area (Å²) in [5.41, 5.74) is 0.234. The number of rotatable bonds is 7. The molecule has 0 saturated carbocycles. The molecule has 0 unspecified atom stereocenters. The van der Waals surface area contributed by atoms with Crippen molar-refractivity contribution in [3.63, 3.8) is 0 Å². The van der Waals surface area contributed by atoms with Gasteiger partial charge in [-0.25, -0.2) is 8.42 Å². The smallest absolute Gasteiger partial charge is 0.243 e. The molecule has 1 aromatic rings. The second kappa shape index (κ2) is 7.41. The summed E-state index contributed by atoms with van der Waals surface area (Å²) in [5, 5.41) is 8.91. The number of methoxy groups -OCH3 is 1. The monoisotopic (exact) mass is 314 g/mol. The van der Waals surface area contributed by atoms with Crippen molar-refractivity contribution < 1.29 is 13.2 Å². The number of sulfonamides is 1. The topological polar surface area (TPSA) is 70.4 Å². The Morgan fingerprint density at radius 3 is 2.75 bits per heavy atom. The third-order valence-corrected chi connectivity index (χ3v) is 4.75. The molecule has 20 heavy (non-hydrogen) atoms. The van der Waals surface area contributed by atoms with Crippen molar-refractivity contribution in [1.29, 1.82) is 5.26 Å². The van der Waals surface area contributed by atoms with E-state index in [-0.39, 0.29) is 35.2 Å². The third kappa shape index (κ3) is 3.81. The van der Waals surface area contributed by atoms with Crippen molar-refractivity contribution in [3.8, 4) is 6.07 Å². The molecule has 0 heterocycles. The molecule has 108 valence electrons. The summed E-state index contributed by atoms with van der Waals surface area (Å²) in [6.45, 7) is 4.20. The number of ether oxygens (including phenoxy) is 1. The zero-order chi connectivity index (χ0) is 15.2. The molecule has 0 aliphatic rings. The van der Waals surface area contributed by atoms with Gasteiger partial charge in [0, 0.05) is 20.2 Å². The van der Waals surface area contributed by atoms with Crippen LogP contribution in [-0.4, -0.2) is 39.5 Å². The Morgan fingerprint density at radius 1 is 1.55 bits per heavy atom. The number of hydrogen-bond donors (Lipinski definition) is 0.